The van der Waals surface area contributed by atoms with Gasteiger partial charge in [-0.3, -0.25) is 19.2 Å². The number of ether oxygens (including phenoxy) is 4. The Morgan fingerprint density at radius 2 is 1.20 bits per heavy atom. The number of aromatic nitrogens is 1. The van der Waals surface area contributed by atoms with Crippen molar-refractivity contribution in [2.45, 2.75) is 84.5 Å². The highest BCUT2D eigenvalue weighted by molar-refractivity contribution is 7.19. The molecule has 4 amide bonds. The molecular weight excluding hydrogens is 799 g/mol. The van der Waals surface area contributed by atoms with Gasteiger partial charge < -0.3 is 39.4 Å². The first kappa shape index (κ1) is 45.2. The van der Waals surface area contributed by atoms with Crippen LogP contribution in [-0.2, 0) is 38.1 Å². The Hall–Kier alpha value is -5.91. The van der Waals surface area contributed by atoms with E-state index in [1.165, 1.54) is 35.4 Å². The molecule has 2 fully saturated rings. The van der Waals surface area contributed by atoms with Crippen LogP contribution in [0.5, 0.6) is 0 Å². The van der Waals surface area contributed by atoms with E-state index in [0.29, 0.717) is 70.7 Å². The average Bonchev–Trinajstić information content (AvgIpc) is 4.02. The number of nitrogens with one attached hydrogen (secondary N) is 2. The predicted octanol–water partition coefficient (Wildman–Crippen LogP) is 4.47. The molecule has 3 heterocycles. The van der Waals surface area contributed by atoms with Crippen molar-refractivity contribution in [3.8, 4) is 11.1 Å². The second-order valence-electron chi connectivity index (χ2n) is 15.3. The number of rotatable bonds is 15. The molecule has 3 aromatic rings. The maximum Gasteiger partial charge on any atom is 0.407 e. The van der Waals surface area contributed by atoms with Crippen LogP contribution in [-0.4, -0.2) is 127 Å². The largest absolute Gasteiger partial charge is 0.456 e. The second kappa shape index (κ2) is 19.9. The molecule has 2 aliphatic heterocycles. The summed E-state index contributed by atoms with van der Waals surface area (Å²) in [4.78, 5) is 111. The minimum atomic E-state index is -0.910. The molecule has 18 heteroatoms. The topological polar surface area (TPSA) is 217 Å². The summed E-state index contributed by atoms with van der Waals surface area (Å²) in [6, 6.07) is 6.38. The zero-order chi connectivity index (χ0) is 43.8. The standard InChI is InChI=1S/C42H51N5O12S/c1-22(2)33(44-41(54)56-6)37(50)46-18-8-10-29(46)39(52)58-20-31(48)26-14-12-25(13-15-26)27-16-17-28(36-35(27)43-24(5)60-36)32(49)21-59-40(53)30-11-9-19-47(30)38(51)34(23(3)4)45-42(55)57-7/h12-17,22-23,29-30,33-34H,8-11,18-21H2,1-7H3,(H,44,54)(H,45,55). The molecule has 2 aromatic carbocycles. The summed E-state index contributed by atoms with van der Waals surface area (Å²) in [5.41, 5.74) is 2.54. The van der Waals surface area contributed by atoms with E-state index in [-0.39, 0.29) is 17.4 Å². The number of nitrogens with zero attached hydrogens (tertiary/aromatic N) is 3. The van der Waals surface area contributed by atoms with Crippen molar-refractivity contribution >= 4 is 69.1 Å². The van der Waals surface area contributed by atoms with E-state index >= 15 is 0 Å². The summed E-state index contributed by atoms with van der Waals surface area (Å²) in [6.45, 7) is 8.37. The van der Waals surface area contributed by atoms with Crippen LogP contribution in [0.25, 0.3) is 21.3 Å². The first-order valence-corrected chi connectivity index (χ1v) is 20.6. The number of fused-ring (bicyclic) bond motifs is 1. The third-order valence-electron chi connectivity index (χ3n) is 10.6. The van der Waals surface area contributed by atoms with Crippen molar-refractivity contribution in [2.75, 3.05) is 40.5 Å². The first-order chi connectivity index (χ1) is 28.6. The number of thiazole rings is 1. The van der Waals surface area contributed by atoms with Gasteiger partial charge in [0, 0.05) is 29.8 Å². The lowest BCUT2D eigenvalue weighted by atomic mass is 9.99. The number of esters is 2. The number of aryl methyl sites for hydroxylation is 1. The summed E-state index contributed by atoms with van der Waals surface area (Å²) in [6.07, 6.45) is 0.292. The number of Topliss-reactive ketones (excluding diaryl/α,β-unsaturated/α-hetero) is 2. The van der Waals surface area contributed by atoms with Crippen LogP contribution in [0.3, 0.4) is 0 Å². The van der Waals surface area contributed by atoms with E-state index < -0.39 is 84.9 Å². The van der Waals surface area contributed by atoms with E-state index in [0.717, 1.165) is 0 Å². The molecular formula is C42H51N5O12S. The van der Waals surface area contributed by atoms with Gasteiger partial charge in [-0.15, -0.1) is 11.3 Å². The highest BCUT2D eigenvalue weighted by atomic mass is 32.1. The molecule has 4 unspecified atom stereocenters. The van der Waals surface area contributed by atoms with Gasteiger partial charge in [0.2, 0.25) is 17.6 Å². The second-order valence-corrected chi connectivity index (χ2v) is 16.5. The molecule has 0 aliphatic carbocycles. The minimum absolute atomic E-state index is 0.274. The van der Waals surface area contributed by atoms with Crippen LogP contribution in [0.15, 0.2) is 36.4 Å². The molecule has 322 valence electrons. The Balaban J connectivity index is 1.21. The van der Waals surface area contributed by atoms with Crippen molar-refractivity contribution in [2.24, 2.45) is 11.8 Å². The van der Waals surface area contributed by atoms with Gasteiger partial charge in [0.05, 0.1) is 29.4 Å². The number of ketones is 2. The molecule has 2 N–H and O–H groups in total. The summed E-state index contributed by atoms with van der Waals surface area (Å²) in [7, 11) is 2.39. The number of carbonyl (C=O) groups is 8. The van der Waals surface area contributed by atoms with Crippen LogP contribution in [0.1, 0.15) is 79.1 Å². The van der Waals surface area contributed by atoms with E-state index in [1.807, 2.05) is 0 Å². The zero-order valence-electron chi connectivity index (χ0n) is 34.7. The minimum Gasteiger partial charge on any atom is -0.456 e. The molecule has 0 bridgehead atoms. The van der Waals surface area contributed by atoms with Gasteiger partial charge in [-0.05, 0) is 56.1 Å². The summed E-state index contributed by atoms with van der Waals surface area (Å²) >= 11 is 1.31. The molecule has 0 saturated carbocycles. The number of amides is 4. The SMILES string of the molecule is COC(=O)NC(C(=O)N1CCCC1C(=O)OCC(=O)c1ccc(-c2ccc(C(=O)COC(=O)C3CCCN3C(=O)C(NC(=O)OC)C(C)C)c3sc(C)nc23)cc1)C(C)C. The monoisotopic (exact) mass is 849 g/mol. The Labute approximate surface area is 351 Å². The van der Waals surface area contributed by atoms with Crippen LogP contribution < -0.4 is 10.6 Å². The van der Waals surface area contributed by atoms with E-state index in [1.54, 1.807) is 71.0 Å². The Kier molecular flexibility index (Phi) is 15.0. The van der Waals surface area contributed by atoms with Gasteiger partial charge in [0.25, 0.3) is 0 Å². The fourth-order valence-electron chi connectivity index (χ4n) is 7.34. The lowest BCUT2D eigenvalue weighted by Gasteiger charge is -2.29. The van der Waals surface area contributed by atoms with Crippen molar-refractivity contribution in [3.05, 3.63) is 52.5 Å². The first-order valence-electron chi connectivity index (χ1n) is 19.8. The Bertz CT molecular complexity index is 2130. The van der Waals surface area contributed by atoms with Gasteiger partial charge >= 0.3 is 24.1 Å². The average molecular weight is 850 g/mol. The number of methoxy groups -OCH3 is 2. The maximum atomic E-state index is 13.5. The van der Waals surface area contributed by atoms with Crippen LogP contribution in [0.2, 0.25) is 0 Å². The van der Waals surface area contributed by atoms with Crippen LogP contribution in [0, 0.1) is 18.8 Å². The molecule has 0 radical (unpaired) electrons. The van der Waals surface area contributed by atoms with Gasteiger partial charge in [0.1, 0.15) is 24.2 Å². The lowest BCUT2D eigenvalue weighted by molar-refractivity contribution is -0.153. The summed E-state index contributed by atoms with van der Waals surface area (Å²) in [5.74, 6) is -3.76. The van der Waals surface area contributed by atoms with Gasteiger partial charge in [0.15, 0.2) is 19.0 Å². The quantitative estimate of drug-likeness (QED) is 0.123. The smallest absolute Gasteiger partial charge is 0.407 e. The number of hydrogen-bond donors (Lipinski definition) is 2. The van der Waals surface area contributed by atoms with Gasteiger partial charge in [-0.2, -0.15) is 0 Å². The number of carbonyl (C=O) groups excluding carboxylic acids is 8. The summed E-state index contributed by atoms with van der Waals surface area (Å²) < 4.78 is 20.8. The molecule has 60 heavy (non-hydrogen) atoms. The Morgan fingerprint density at radius 1 is 0.717 bits per heavy atom. The number of likely N-dealkylation sites (tertiary alicyclic amines) is 2. The molecule has 0 spiro atoms. The molecule has 1 aromatic heterocycles. The molecule has 2 aliphatic rings. The van der Waals surface area contributed by atoms with Gasteiger partial charge in [-0.25, -0.2) is 24.2 Å². The fourth-order valence-corrected chi connectivity index (χ4v) is 8.31. The zero-order valence-corrected chi connectivity index (χ0v) is 35.6. The van der Waals surface area contributed by atoms with Gasteiger partial charge in [-0.1, -0.05) is 58.0 Å². The number of benzene rings is 2. The van der Waals surface area contributed by atoms with Crippen molar-refractivity contribution in [3.63, 3.8) is 0 Å². The number of hydrogen-bond acceptors (Lipinski definition) is 14. The molecule has 17 nitrogen and oxygen atoms in total. The molecule has 2 saturated heterocycles. The highest BCUT2D eigenvalue weighted by Crippen LogP contribution is 2.35. The van der Waals surface area contributed by atoms with Crippen LogP contribution >= 0.6 is 11.3 Å². The van der Waals surface area contributed by atoms with E-state index in [2.05, 4.69) is 25.1 Å². The Morgan fingerprint density at radius 3 is 1.67 bits per heavy atom. The molecule has 5 rings (SSSR count). The van der Waals surface area contributed by atoms with Crippen molar-refractivity contribution < 1.29 is 57.3 Å². The maximum absolute atomic E-state index is 13.5. The fraction of sp³-hybridized carbons (Fsp3) is 0.500. The van der Waals surface area contributed by atoms with Crippen LogP contribution in [0.4, 0.5) is 9.59 Å². The highest BCUT2D eigenvalue weighted by Gasteiger charge is 2.41. The summed E-state index contributed by atoms with van der Waals surface area (Å²) in [5, 5.41) is 5.75. The predicted molar refractivity (Wildman–Crippen MR) is 218 cm³/mol. The van der Waals surface area contributed by atoms with Crippen molar-refractivity contribution in [1.29, 1.82) is 0 Å². The van der Waals surface area contributed by atoms with E-state index in [9.17, 15) is 38.4 Å². The van der Waals surface area contributed by atoms with Crippen molar-refractivity contribution in [1.82, 2.24) is 25.4 Å². The van der Waals surface area contributed by atoms with E-state index in [4.69, 9.17) is 9.47 Å². The molecule has 4 atom stereocenters. The third-order valence-corrected chi connectivity index (χ3v) is 11.6. The lowest BCUT2D eigenvalue weighted by Crippen LogP contribution is -2.54. The third kappa shape index (κ3) is 10.3. The normalized spacial score (nSPS) is 17.3. The number of alkyl carbamates (subject to hydrolysis) is 2.